The summed E-state index contributed by atoms with van der Waals surface area (Å²) in [6.45, 7) is 0. The second kappa shape index (κ2) is 12.0. The van der Waals surface area contributed by atoms with Crippen molar-refractivity contribution in [3.63, 3.8) is 0 Å². The first-order valence-corrected chi connectivity index (χ1v) is 17.9. The molecule has 7 aromatic carbocycles. The number of pyridine rings is 1. The van der Waals surface area contributed by atoms with Gasteiger partial charge in [-0.25, -0.2) is 0 Å². The number of nitrogens with zero attached hydrogens (tertiary/aromatic N) is 6. The van der Waals surface area contributed by atoms with Crippen molar-refractivity contribution in [3.05, 3.63) is 182 Å². The molecule has 11 aromatic rings. The molecule has 0 saturated carbocycles. The molecule has 11 rings (SSSR count). The summed E-state index contributed by atoms with van der Waals surface area (Å²) in [5, 5.41) is 14.2. The van der Waals surface area contributed by atoms with Gasteiger partial charge in [-0.1, -0.05) is 54.6 Å². The number of para-hydroxylation sites is 1. The van der Waals surface area contributed by atoms with Crippen LogP contribution < -0.4 is 4.90 Å². The predicted molar refractivity (Wildman–Crippen MR) is 218 cm³/mol. The largest absolute Gasteiger partial charge is 0.454 e. The van der Waals surface area contributed by atoms with E-state index >= 15 is 0 Å². The molecule has 0 atom stereocenters. The number of fused-ring (bicyclic) bond motifs is 6. The zero-order valence-corrected chi connectivity index (χ0v) is 28.9. The van der Waals surface area contributed by atoms with Crippen molar-refractivity contribution < 1.29 is 4.42 Å². The van der Waals surface area contributed by atoms with Gasteiger partial charge in [-0.2, -0.15) is 4.80 Å². The average Bonchev–Trinajstić information content (AvgIpc) is 3.95. The van der Waals surface area contributed by atoms with Crippen molar-refractivity contribution in [2.45, 2.75) is 0 Å². The van der Waals surface area contributed by atoms with E-state index in [1.807, 2.05) is 42.5 Å². The Labute approximate surface area is 309 Å². The quantitative estimate of drug-likeness (QED) is 0.173. The molecule has 7 heteroatoms. The first-order chi connectivity index (χ1) is 26.7. The van der Waals surface area contributed by atoms with Gasteiger partial charge in [0.15, 0.2) is 5.58 Å². The van der Waals surface area contributed by atoms with Crippen molar-refractivity contribution in [1.82, 2.24) is 24.5 Å². The zero-order chi connectivity index (χ0) is 35.6. The number of benzene rings is 7. The molecule has 0 radical (unpaired) electrons. The van der Waals surface area contributed by atoms with E-state index in [1.54, 1.807) is 11.0 Å². The molecule has 54 heavy (non-hydrogen) atoms. The lowest BCUT2D eigenvalue weighted by Gasteiger charge is -2.26. The highest BCUT2D eigenvalue weighted by Gasteiger charge is 2.19. The first kappa shape index (κ1) is 30.1. The minimum absolute atomic E-state index is 0.772. The standard InChI is InChI=1S/C47H30N6O/c1-2-11-34(12-3-1)52-44-25-24-38(29-40(44)39-27-32-9-4-5-10-33(32)28-45(39)52)51(35-18-16-31(17-19-35)47-30-43-46(54-47)15-8-26-48-43)36-20-22-37(23-21-36)53-49-41-13-6-7-14-42(41)50-53/h1-30H. The van der Waals surface area contributed by atoms with Crippen LogP contribution >= 0.6 is 0 Å². The van der Waals surface area contributed by atoms with E-state index in [0.29, 0.717) is 0 Å². The molecular formula is C47H30N6O. The fourth-order valence-corrected chi connectivity index (χ4v) is 7.63. The van der Waals surface area contributed by atoms with Crippen LogP contribution in [0.2, 0.25) is 0 Å². The van der Waals surface area contributed by atoms with Crippen LogP contribution in [0.1, 0.15) is 0 Å². The fraction of sp³-hybridized carbons (Fsp3) is 0. The molecule has 0 spiro atoms. The Morgan fingerprint density at radius 1 is 0.463 bits per heavy atom. The SMILES string of the molecule is c1ccc(-n2c3ccc(N(c4ccc(-c5cc6ncccc6o5)cc4)c4ccc(-n5nc6ccccc6n5)cc4)cc3c3cc4ccccc4cc32)cc1. The molecule has 0 fully saturated rings. The third-order valence-corrected chi connectivity index (χ3v) is 10.2. The van der Waals surface area contributed by atoms with Gasteiger partial charge in [-0.15, -0.1) is 10.2 Å². The average molecular weight is 695 g/mol. The predicted octanol–water partition coefficient (Wildman–Crippen LogP) is 11.9. The number of rotatable bonds is 6. The van der Waals surface area contributed by atoms with Crippen LogP contribution in [0.15, 0.2) is 187 Å². The van der Waals surface area contributed by atoms with Crippen LogP contribution in [0, 0.1) is 0 Å². The van der Waals surface area contributed by atoms with Crippen molar-refractivity contribution in [1.29, 1.82) is 0 Å². The molecule has 0 saturated heterocycles. The zero-order valence-electron chi connectivity index (χ0n) is 28.9. The Morgan fingerprint density at radius 2 is 1.11 bits per heavy atom. The van der Waals surface area contributed by atoms with Crippen LogP contribution in [0.25, 0.3) is 77.4 Å². The Kier molecular flexibility index (Phi) is 6.72. The summed E-state index contributed by atoms with van der Waals surface area (Å²) >= 11 is 0. The first-order valence-electron chi connectivity index (χ1n) is 17.9. The van der Waals surface area contributed by atoms with Crippen LogP contribution in [-0.4, -0.2) is 24.5 Å². The highest BCUT2D eigenvalue weighted by molar-refractivity contribution is 6.14. The van der Waals surface area contributed by atoms with Gasteiger partial charge in [0.2, 0.25) is 0 Å². The van der Waals surface area contributed by atoms with Gasteiger partial charge in [0.05, 0.1) is 16.7 Å². The molecule has 0 aliphatic heterocycles. The molecule has 0 aliphatic rings. The van der Waals surface area contributed by atoms with Crippen LogP contribution in [0.5, 0.6) is 0 Å². The molecule has 0 aliphatic carbocycles. The minimum atomic E-state index is 0.772. The van der Waals surface area contributed by atoms with E-state index in [4.69, 9.17) is 14.6 Å². The maximum atomic E-state index is 6.17. The highest BCUT2D eigenvalue weighted by atomic mass is 16.3. The van der Waals surface area contributed by atoms with Gasteiger partial charge >= 0.3 is 0 Å². The second-order valence-electron chi connectivity index (χ2n) is 13.5. The van der Waals surface area contributed by atoms with Crippen LogP contribution in [0.3, 0.4) is 0 Å². The normalized spacial score (nSPS) is 11.7. The number of hydrogen-bond donors (Lipinski definition) is 0. The fourth-order valence-electron chi connectivity index (χ4n) is 7.63. The van der Waals surface area contributed by atoms with Crippen LogP contribution in [0.4, 0.5) is 17.1 Å². The lowest BCUT2D eigenvalue weighted by Crippen LogP contribution is -2.10. The maximum Gasteiger partial charge on any atom is 0.153 e. The summed E-state index contributed by atoms with van der Waals surface area (Å²) in [5.74, 6) is 0.785. The van der Waals surface area contributed by atoms with Gasteiger partial charge in [0.1, 0.15) is 22.3 Å². The monoisotopic (exact) mass is 694 g/mol. The van der Waals surface area contributed by atoms with E-state index in [2.05, 4.69) is 148 Å². The number of hydrogen-bond acceptors (Lipinski definition) is 5. The van der Waals surface area contributed by atoms with E-state index < -0.39 is 0 Å². The van der Waals surface area contributed by atoms with Gasteiger partial charge in [0, 0.05) is 51.3 Å². The lowest BCUT2D eigenvalue weighted by atomic mass is 10.1. The molecular weight excluding hydrogens is 665 g/mol. The van der Waals surface area contributed by atoms with Crippen molar-refractivity contribution in [2.24, 2.45) is 0 Å². The molecule has 0 unspecified atom stereocenters. The number of aromatic nitrogens is 5. The molecule has 0 N–H and O–H groups in total. The topological polar surface area (TPSA) is 64.9 Å². The van der Waals surface area contributed by atoms with Gasteiger partial charge in [-0.05, 0) is 126 Å². The lowest BCUT2D eigenvalue weighted by molar-refractivity contribution is 0.631. The van der Waals surface area contributed by atoms with E-state index in [0.717, 1.165) is 67.4 Å². The summed E-state index contributed by atoms with van der Waals surface area (Å²) in [5.41, 5.74) is 11.7. The van der Waals surface area contributed by atoms with Crippen molar-refractivity contribution in [2.75, 3.05) is 4.90 Å². The summed E-state index contributed by atoms with van der Waals surface area (Å²) < 4.78 is 8.54. The number of anilines is 3. The van der Waals surface area contributed by atoms with Crippen molar-refractivity contribution in [3.8, 4) is 22.7 Å². The molecule has 0 amide bonds. The Bertz CT molecular complexity index is 2970. The van der Waals surface area contributed by atoms with Crippen molar-refractivity contribution >= 4 is 71.8 Å². The summed E-state index contributed by atoms with van der Waals surface area (Å²) in [6.07, 6.45) is 1.79. The molecule has 7 nitrogen and oxygen atoms in total. The summed E-state index contributed by atoms with van der Waals surface area (Å²) in [7, 11) is 0. The molecule has 254 valence electrons. The third-order valence-electron chi connectivity index (χ3n) is 10.2. The van der Waals surface area contributed by atoms with Gasteiger partial charge in [-0.3, -0.25) is 4.98 Å². The minimum Gasteiger partial charge on any atom is -0.454 e. The number of furan rings is 1. The highest BCUT2D eigenvalue weighted by Crippen LogP contribution is 2.41. The van der Waals surface area contributed by atoms with Gasteiger partial charge in [0.25, 0.3) is 0 Å². The molecule has 4 heterocycles. The maximum absolute atomic E-state index is 6.17. The molecule has 0 bridgehead atoms. The van der Waals surface area contributed by atoms with Crippen LogP contribution in [-0.2, 0) is 0 Å². The second-order valence-corrected chi connectivity index (χ2v) is 13.5. The third kappa shape index (κ3) is 4.94. The Balaban J connectivity index is 1.08. The Hall–Kier alpha value is -7.51. The molecule has 4 aromatic heterocycles. The smallest absolute Gasteiger partial charge is 0.153 e. The summed E-state index contributed by atoms with van der Waals surface area (Å²) in [6, 6.07) is 61.3. The van der Waals surface area contributed by atoms with E-state index in [1.165, 1.54) is 27.1 Å². The van der Waals surface area contributed by atoms with E-state index in [9.17, 15) is 0 Å². The summed E-state index contributed by atoms with van der Waals surface area (Å²) in [4.78, 5) is 8.46. The Morgan fingerprint density at radius 3 is 1.85 bits per heavy atom. The van der Waals surface area contributed by atoms with Gasteiger partial charge < -0.3 is 13.9 Å². The van der Waals surface area contributed by atoms with E-state index in [-0.39, 0.29) is 0 Å².